The van der Waals surface area contributed by atoms with Crippen molar-refractivity contribution in [1.29, 1.82) is 0 Å². The quantitative estimate of drug-likeness (QED) is 0.845. The highest BCUT2D eigenvalue weighted by atomic mass is 35.5. The Morgan fingerprint density at radius 1 is 1.13 bits per heavy atom. The molecule has 0 saturated heterocycles. The Kier molecular flexibility index (Phi) is 3.77. The molecule has 0 fully saturated rings. The zero-order chi connectivity index (χ0) is 16.8. The first-order valence-corrected chi connectivity index (χ1v) is 7.79. The van der Waals surface area contributed by atoms with Gasteiger partial charge in [0.25, 0.3) is 0 Å². The highest BCUT2D eigenvalue weighted by Gasteiger charge is 2.31. The van der Waals surface area contributed by atoms with Crippen LogP contribution in [0.2, 0.25) is 5.02 Å². The molecule has 3 nitrogen and oxygen atoms in total. The Bertz CT molecular complexity index is 807. The molecule has 0 atom stereocenters. The number of hydrogen-bond donors (Lipinski definition) is 1. The van der Waals surface area contributed by atoms with Crippen molar-refractivity contribution >= 4 is 17.2 Å². The van der Waals surface area contributed by atoms with Crippen molar-refractivity contribution in [3.63, 3.8) is 0 Å². The molecule has 4 heteroatoms. The lowest BCUT2D eigenvalue weighted by Gasteiger charge is -2.32. The number of methoxy groups -OCH3 is 1. The molecule has 1 heterocycles. The predicted molar refractivity (Wildman–Crippen MR) is 92.6 cm³/mol. The molecule has 0 amide bonds. The third kappa shape index (κ3) is 2.77. The average molecular weight is 331 g/mol. The van der Waals surface area contributed by atoms with E-state index in [4.69, 9.17) is 21.1 Å². The van der Waals surface area contributed by atoms with E-state index in [9.17, 15) is 5.11 Å². The zero-order valence-corrected chi connectivity index (χ0v) is 14.4. The Morgan fingerprint density at radius 3 is 2.48 bits per heavy atom. The molecule has 1 N–H and O–H groups in total. The summed E-state index contributed by atoms with van der Waals surface area (Å²) in [6.45, 7) is 5.94. The molecule has 0 saturated carbocycles. The molecule has 2 aromatic rings. The third-order valence-electron chi connectivity index (χ3n) is 3.94. The van der Waals surface area contributed by atoms with Crippen molar-refractivity contribution in [3.05, 3.63) is 58.1 Å². The normalized spacial score (nSPS) is 15.4. The van der Waals surface area contributed by atoms with Gasteiger partial charge >= 0.3 is 0 Å². The van der Waals surface area contributed by atoms with E-state index in [1.54, 1.807) is 6.07 Å². The summed E-state index contributed by atoms with van der Waals surface area (Å²) < 4.78 is 11.2. The van der Waals surface area contributed by atoms with Gasteiger partial charge < -0.3 is 14.6 Å². The largest absolute Gasteiger partial charge is 0.502 e. The standard InChI is InChI=1S/C19H19ClO3/c1-11-9-12(20)5-6-13(11)15-10-19(2,3)23-18-14(15)7-8-16(22-4)17(18)21/h5-10,21H,1-4H3. The molecule has 0 aromatic heterocycles. The topological polar surface area (TPSA) is 38.7 Å². The number of aromatic hydroxyl groups is 1. The predicted octanol–water partition coefficient (Wildman–Crippen LogP) is 4.97. The van der Waals surface area contributed by atoms with E-state index >= 15 is 0 Å². The molecule has 3 rings (SSSR count). The SMILES string of the molecule is COc1ccc2c(c1O)OC(C)(C)C=C2c1ccc(Cl)cc1C. The van der Waals surface area contributed by atoms with E-state index in [2.05, 4.69) is 6.08 Å². The summed E-state index contributed by atoms with van der Waals surface area (Å²) >= 11 is 6.08. The maximum absolute atomic E-state index is 10.4. The van der Waals surface area contributed by atoms with Gasteiger partial charge in [-0.05, 0) is 67.8 Å². The second-order valence-electron chi connectivity index (χ2n) is 6.22. The number of phenolic OH excluding ortho intramolecular Hbond substituents is 1. The zero-order valence-electron chi connectivity index (χ0n) is 13.6. The number of hydrogen-bond acceptors (Lipinski definition) is 3. The lowest BCUT2D eigenvalue weighted by molar-refractivity contribution is 0.150. The number of rotatable bonds is 2. The summed E-state index contributed by atoms with van der Waals surface area (Å²) in [5.74, 6) is 0.866. The summed E-state index contributed by atoms with van der Waals surface area (Å²) in [5, 5.41) is 11.2. The monoisotopic (exact) mass is 330 g/mol. The van der Waals surface area contributed by atoms with Crippen molar-refractivity contribution in [2.24, 2.45) is 0 Å². The van der Waals surface area contributed by atoms with Gasteiger partial charge in [0.2, 0.25) is 5.75 Å². The molecule has 0 bridgehead atoms. The van der Waals surface area contributed by atoms with Crippen LogP contribution in [0.15, 0.2) is 36.4 Å². The van der Waals surface area contributed by atoms with Crippen LogP contribution in [-0.2, 0) is 0 Å². The Morgan fingerprint density at radius 2 is 1.83 bits per heavy atom. The summed E-state index contributed by atoms with van der Waals surface area (Å²) in [6, 6.07) is 9.45. The molecule has 0 radical (unpaired) electrons. The van der Waals surface area contributed by atoms with Gasteiger partial charge in [-0.15, -0.1) is 0 Å². The van der Waals surface area contributed by atoms with Crippen LogP contribution in [-0.4, -0.2) is 17.8 Å². The van der Waals surface area contributed by atoms with Gasteiger partial charge in [0.1, 0.15) is 5.60 Å². The Hall–Kier alpha value is -2.13. The molecule has 0 aliphatic carbocycles. The van der Waals surface area contributed by atoms with Crippen LogP contribution in [0.1, 0.15) is 30.5 Å². The van der Waals surface area contributed by atoms with Gasteiger partial charge in [-0.1, -0.05) is 17.7 Å². The summed E-state index contributed by atoms with van der Waals surface area (Å²) in [5.41, 5.74) is 3.45. The lowest BCUT2D eigenvalue weighted by Crippen LogP contribution is -2.29. The number of ether oxygens (including phenoxy) is 2. The van der Waals surface area contributed by atoms with E-state index in [-0.39, 0.29) is 5.75 Å². The minimum absolute atomic E-state index is 0.0234. The van der Waals surface area contributed by atoms with E-state index in [1.807, 2.05) is 45.0 Å². The Balaban J connectivity index is 2.25. The van der Waals surface area contributed by atoms with Crippen molar-refractivity contribution < 1.29 is 14.6 Å². The molecule has 2 aromatic carbocycles. The van der Waals surface area contributed by atoms with Crippen molar-refractivity contribution in [2.75, 3.05) is 7.11 Å². The molecule has 0 spiro atoms. The van der Waals surface area contributed by atoms with Crippen molar-refractivity contribution in [2.45, 2.75) is 26.4 Å². The second kappa shape index (κ2) is 5.50. The number of aryl methyl sites for hydroxylation is 1. The minimum Gasteiger partial charge on any atom is -0.502 e. The molecule has 120 valence electrons. The number of fused-ring (bicyclic) bond motifs is 1. The highest BCUT2D eigenvalue weighted by molar-refractivity contribution is 6.30. The minimum atomic E-state index is -0.543. The van der Waals surface area contributed by atoms with Crippen LogP contribution in [0, 0.1) is 6.92 Å². The van der Waals surface area contributed by atoms with E-state index in [0.29, 0.717) is 16.5 Å². The lowest BCUT2D eigenvalue weighted by atomic mass is 9.87. The van der Waals surface area contributed by atoms with E-state index in [0.717, 1.165) is 22.3 Å². The smallest absolute Gasteiger partial charge is 0.201 e. The maximum atomic E-state index is 10.4. The fraction of sp³-hybridized carbons (Fsp3) is 0.263. The van der Waals surface area contributed by atoms with Gasteiger partial charge in [0, 0.05) is 10.6 Å². The first-order valence-electron chi connectivity index (χ1n) is 7.41. The van der Waals surface area contributed by atoms with Crippen LogP contribution in [0.3, 0.4) is 0 Å². The van der Waals surface area contributed by atoms with Gasteiger partial charge in [0.05, 0.1) is 7.11 Å². The van der Waals surface area contributed by atoms with Gasteiger partial charge in [-0.2, -0.15) is 0 Å². The van der Waals surface area contributed by atoms with Crippen LogP contribution >= 0.6 is 11.6 Å². The van der Waals surface area contributed by atoms with E-state index < -0.39 is 5.60 Å². The molecule has 0 unspecified atom stereocenters. The van der Waals surface area contributed by atoms with Crippen molar-refractivity contribution in [3.8, 4) is 17.2 Å². The third-order valence-corrected chi connectivity index (χ3v) is 4.18. The van der Waals surface area contributed by atoms with E-state index in [1.165, 1.54) is 7.11 Å². The number of halogens is 1. The summed E-state index contributed by atoms with van der Waals surface area (Å²) in [4.78, 5) is 0. The Labute approximate surface area is 141 Å². The van der Waals surface area contributed by atoms with Crippen LogP contribution in [0.5, 0.6) is 17.2 Å². The molecular formula is C19H19ClO3. The molecule has 1 aliphatic heterocycles. The average Bonchev–Trinajstić information content (AvgIpc) is 2.47. The molecule has 23 heavy (non-hydrogen) atoms. The molecular weight excluding hydrogens is 312 g/mol. The number of phenols is 1. The van der Waals surface area contributed by atoms with Crippen LogP contribution in [0.25, 0.3) is 5.57 Å². The summed E-state index contributed by atoms with van der Waals surface area (Å²) in [7, 11) is 1.52. The highest BCUT2D eigenvalue weighted by Crippen LogP contribution is 2.48. The van der Waals surface area contributed by atoms with Gasteiger partial charge in [-0.3, -0.25) is 0 Å². The van der Waals surface area contributed by atoms with Gasteiger partial charge in [-0.25, -0.2) is 0 Å². The maximum Gasteiger partial charge on any atom is 0.201 e. The van der Waals surface area contributed by atoms with Crippen LogP contribution < -0.4 is 9.47 Å². The molecule has 1 aliphatic rings. The fourth-order valence-corrected chi connectivity index (χ4v) is 3.13. The van der Waals surface area contributed by atoms with Crippen molar-refractivity contribution in [1.82, 2.24) is 0 Å². The first kappa shape index (κ1) is 15.8. The first-order chi connectivity index (χ1) is 10.8. The van der Waals surface area contributed by atoms with Gasteiger partial charge in [0.15, 0.2) is 11.5 Å². The number of benzene rings is 2. The summed E-state index contributed by atoms with van der Waals surface area (Å²) in [6.07, 6.45) is 2.07. The van der Waals surface area contributed by atoms with Crippen LogP contribution in [0.4, 0.5) is 0 Å². The fourth-order valence-electron chi connectivity index (χ4n) is 2.90. The second-order valence-corrected chi connectivity index (χ2v) is 6.65.